The molecule has 1 aromatic carbocycles. The predicted molar refractivity (Wildman–Crippen MR) is 119 cm³/mol. The Hall–Kier alpha value is -3.51. The van der Waals surface area contributed by atoms with Gasteiger partial charge in [0.15, 0.2) is 0 Å². The zero-order valence-electron chi connectivity index (χ0n) is 18.5. The van der Waals surface area contributed by atoms with E-state index in [1.165, 1.54) is 43.5 Å². The fourth-order valence-electron chi connectivity index (χ4n) is 3.22. The van der Waals surface area contributed by atoms with E-state index in [1.54, 1.807) is 0 Å². The number of carbonyl (C=O) groups is 3. The van der Waals surface area contributed by atoms with Crippen molar-refractivity contribution < 1.29 is 37.0 Å². The van der Waals surface area contributed by atoms with Crippen molar-refractivity contribution in [2.75, 3.05) is 20.3 Å². The van der Waals surface area contributed by atoms with Crippen molar-refractivity contribution in [3.05, 3.63) is 53.7 Å². The molecule has 12 heteroatoms. The van der Waals surface area contributed by atoms with Crippen LogP contribution < -0.4 is 14.8 Å². The van der Waals surface area contributed by atoms with Gasteiger partial charge >= 0.3 is 6.16 Å². The summed E-state index contributed by atoms with van der Waals surface area (Å²) >= 11 is 0. The molecular weight excluding hydrogens is 466 g/mol. The van der Waals surface area contributed by atoms with Gasteiger partial charge in [-0.15, -0.1) is 0 Å². The van der Waals surface area contributed by atoms with E-state index in [1.807, 2.05) is 4.72 Å². The molecule has 1 saturated carbocycles. The molecule has 182 valence electrons. The summed E-state index contributed by atoms with van der Waals surface area (Å²) in [6, 6.07) is 7.62. The number of rotatable bonds is 9. The number of sulfonamides is 1. The molecule has 1 fully saturated rings. The highest BCUT2D eigenvalue weighted by Crippen LogP contribution is 2.21. The third-order valence-corrected chi connectivity index (χ3v) is 6.34. The largest absolute Gasteiger partial charge is 0.515 e. The highest BCUT2D eigenvalue weighted by atomic mass is 32.2. The van der Waals surface area contributed by atoms with Crippen LogP contribution in [-0.4, -0.2) is 57.7 Å². The summed E-state index contributed by atoms with van der Waals surface area (Å²) in [7, 11) is -2.69. The quantitative estimate of drug-likeness (QED) is 0.397. The first-order chi connectivity index (χ1) is 16.3. The molecule has 1 heterocycles. The van der Waals surface area contributed by atoms with Crippen molar-refractivity contribution in [1.82, 2.24) is 15.0 Å². The molecule has 1 aliphatic carbocycles. The zero-order chi connectivity index (χ0) is 24.6. The number of amides is 2. The van der Waals surface area contributed by atoms with E-state index >= 15 is 0 Å². The molecule has 2 amide bonds. The Bertz CT molecular complexity index is 1110. The zero-order valence-corrected chi connectivity index (χ0v) is 19.3. The predicted octanol–water partition coefficient (Wildman–Crippen LogP) is 2.03. The van der Waals surface area contributed by atoms with Gasteiger partial charge in [0.2, 0.25) is 5.88 Å². The maximum Gasteiger partial charge on any atom is 0.515 e. The first-order valence-electron chi connectivity index (χ1n) is 10.6. The number of nitrogens with one attached hydrogen (secondary N) is 2. The third-order valence-electron chi connectivity index (χ3n) is 5.00. The fourth-order valence-corrected chi connectivity index (χ4v) is 4.19. The van der Waals surface area contributed by atoms with Crippen LogP contribution in [0.4, 0.5) is 4.79 Å². The molecule has 0 radical (unpaired) electrons. The molecule has 0 bridgehead atoms. The van der Waals surface area contributed by atoms with Gasteiger partial charge in [0, 0.05) is 31.5 Å². The van der Waals surface area contributed by atoms with Crippen LogP contribution in [0.15, 0.2) is 47.5 Å². The Balaban J connectivity index is 1.56. The molecule has 0 unspecified atom stereocenters. The van der Waals surface area contributed by atoms with Gasteiger partial charge in [0.25, 0.3) is 21.8 Å². The molecule has 0 aliphatic heterocycles. The van der Waals surface area contributed by atoms with Crippen LogP contribution in [0.2, 0.25) is 0 Å². The molecule has 2 aromatic rings. The van der Waals surface area contributed by atoms with Gasteiger partial charge in [-0.3, -0.25) is 9.59 Å². The molecule has 34 heavy (non-hydrogen) atoms. The van der Waals surface area contributed by atoms with Crippen molar-refractivity contribution >= 4 is 28.0 Å². The number of benzene rings is 1. The monoisotopic (exact) mass is 491 g/mol. The lowest BCUT2D eigenvalue weighted by Crippen LogP contribution is -2.31. The van der Waals surface area contributed by atoms with Crippen LogP contribution in [0.25, 0.3) is 0 Å². The van der Waals surface area contributed by atoms with Gasteiger partial charge in [-0.25, -0.2) is 22.9 Å². The van der Waals surface area contributed by atoms with E-state index in [9.17, 15) is 22.8 Å². The lowest BCUT2D eigenvalue weighted by molar-refractivity contribution is 0.0600. The van der Waals surface area contributed by atoms with Gasteiger partial charge in [0.05, 0.1) is 17.1 Å². The second-order valence-corrected chi connectivity index (χ2v) is 9.15. The highest BCUT2D eigenvalue weighted by Gasteiger charge is 2.22. The van der Waals surface area contributed by atoms with Crippen molar-refractivity contribution in [3.63, 3.8) is 0 Å². The van der Waals surface area contributed by atoms with E-state index in [4.69, 9.17) is 14.2 Å². The van der Waals surface area contributed by atoms with Crippen molar-refractivity contribution in [2.45, 2.75) is 36.7 Å². The number of methoxy groups -OCH3 is 1. The Morgan fingerprint density at radius 3 is 2.29 bits per heavy atom. The van der Waals surface area contributed by atoms with Crippen LogP contribution in [0.3, 0.4) is 0 Å². The Labute approximate surface area is 196 Å². The summed E-state index contributed by atoms with van der Waals surface area (Å²) in [5.74, 6) is -1.39. The molecule has 3 rings (SSSR count). The number of nitrogens with zero attached hydrogens (tertiary/aromatic N) is 1. The smallest absolute Gasteiger partial charge is 0.431 e. The van der Waals surface area contributed by atoms with Crippen molar-refractivity contribution in [3.8, 4) is 5.88 Å². The van der Waals surface area contributed by atoms with Crippen LogP contribution >= 0.6 is 0 Å². The number of aromatic nitrogens is 1. The second kappa shape index (κ2) is 11.6. The summed E-state index contributed by atoms with van der Waals surface area (Å²) in [6.45, 7) is 0.655. The summed E-state index contributed by atoms with van der Waals surface area (Å²) < 4.78 is 42.0. The Morgan fingerprint density at radius 2 is 1.68 bits per heavy atom. The van der Waals surface area contributed by atoms with Crippen molar-refractivity contribution in [2.24, 2.45) is 0 Å². The Morgan fingerprint density at radius 1 is 1.00 bits per heavy atom. The molecule has 11 nitrogen and oxygen atoms in total. The number of pyridine rings is 1. The highest BCUT2D eigenvalue weighted by molar-refractivity contribution is 7.90. The normalized spacial score (nSPS) is 13.8. The maximum atomic E-state index is 12.5. The summed E-state index contributed by atoms with van der Waals surface area (Å²) in [4.78, 5) is 39.8. The molecule has 0 saturated heterocycles. The standard InChI is InChI=1S/C22H25N3O8S/c1-31-13-12-23-20(26)15-6-9-18(10-7-15)34(29,30)25-21(27)16-8-11-19(24-14-16)33-22(28)32-17-4-2-3-5-17/h6-11,14,17H,2-5,12-13H2,1H3,(H,23,26)(H,25,27). The molecule has 1 aromatic heterocycles. The van der Waals surface area contributed by atoms with Gasteiger partial charge in [-0.1, -0.05) is 0 Å². The first kappa shape index (κ1) is 25.1. The molecule has 1 aliphatic rings. The van der Waals surface area contributed by atoms with E-state index in [0.29, 0.717) is 13.2 Å². The van der Waals surface area contributed by atoms with Gasteiger partial charge in [-0.05, 0) is 56.0 Å². The SMILES string of the molecule is COCCNC(=O)c1ccc(S(=O)(=O)NC(=O)c2ccc(OC(=O)OC3CCCC3)nc2)cc1. The number of hydrogen-bond acceptors (Lipinski definition) is 9. The molecular formula is C22H25N3O8S. The van der Waals surface area contributed by atoms with Crippen LogP contribution in [0.1, 0.15) is 46.4 Å². The Kier molecular flexibility index (Phi) is 8.55. The minimum Gasteiger partial charge on any atom is -0.431 e. The number of hydrogen-bond donors (Lipinski definition) is 2. The first-order valence-corrected chi connectivity index (χ1v) is 12.1. The molecule has 0 spiro atoms. The average molecular weight is 492 g/mol. The van der Waals surface area contributed by atoms with E-state index < -0.39 is 22.1 Å². The van der Waals surface area contributed by atoms with Crippen LogP contribution in [-0.2, 0) is 19.5 Å². The second-order valence-electron chi connectivity index (χ2n) is 7.47. The summed E-state index contributed by atoms with van der Waals surface area (Å²) in [5.41, 5.74) is 0.196. The number of carbonyl (C=O) groups excluding carboxylic acids is 3. The fraction of sp³-hybridized carbons (Fsp3) is 0.364. The maximum absolute atomic E-state index is 12.5. The average Bonchev–Trinajstić information content (AvgIpc) is 3.32. The van der Waals surface area contributed by atoms with Gasteiger partial charge < -0.3 is 19.5 Å². The minimum absolute atomic E-state index is 0.0609. The summed E-state index contributed by atoms with van der Waals surface area (Å²) in [5, 5.41) is 2.62. The van der Waals surface area contributed by atoms with Crippen LogP contribution in [0.5, 0.6) is 5.88 Å². The lowest BCUT2D eigenvalue weighted by Gasteiger charge is -2.11. The third kappa shape index (κ3) is 6.99. The van der Waals surface area contributed by atoms with Gasteiger partial charge in [-0.2, -0.15) is 0 Å². The minimum atomic E-state index is -4.20. The van der Waals surface area contributed by atoms with Crippen LogP contribution in [0, 0.1) is 0 Å². The topological polar surface area (TPSA) is 150 Å². The lowest BCUT2D eigenvalue weighted by atomic mass is 10.2. The summed E-state index contributed by atoms with van der Waals surface area (Å²) in [6.07, 6.45) is 3.61. The van der Waals surface area contributed by atoms with E-state index in [0.717, 1.165) is 31.9 Å². The van der Waals surface area contributed by atoms with E-state index in [2.05, 4.69) is 10.3 Å². The molecule has 2 N–H and O–H groups in total. The molecule has 0 atom stereocenters. The van der Waals surface area contributed by atoms with E-state index in [-0.39, 0.29) is 33.9 Å². The number of ether oxygens (including phenoxy) is 3. The van der Waals surface area contributed by atoms with Crippen molar-refractivity contribution in [1.29, 1.82) is 0 Å². The van der Waals surface area contributed by atoms with Gasteiger partial charge in [0.1, 0.15) is 6.10 Å².